The van der Waals surface area contributed by atoms with Crippen molar-refractivity contribution in [2.75, 3.05) is 13.7 Å². The van der Waals surface area contributed by atoms with Crippen molar-refractivity contribution in [3.63, 3.8) is 0 Å². The van der Waals surface area contributed by atoms with Crippen LogP contribution in [0.15, 0.2) is 39.9 Å². The number of methoxy groups -OCH3 is 1. The minimum Gasteiger partial charge on any atom is -0.507 e. The van der Waals surface area contributed by atoms with Gasteiger partial charge in [-0.25, -0.2) is 5.43 Å². The molecule has 2 N–H and O–H groups in total. The van der Waals surface area contributed by atoms with E-state index in [4.69, 9.17) is 9.47 Å². The molecule has 0 aliphatic carbocycles. The highest BCUT2D eigenvalue weighted by atomic mass is 79.9. The maximum Gasteiger partial charge on any atom is 0.275 e. The van der Waals surface area contributed by atoms with E-state index in [2.05, 4.69) is 26.5 Å². The molecule has 2 aromatic carbocycles. The molecule has 0 atom stereocenters. The maximum absolute atomic E-state index is 12.1. The lowest BCUT2D eigenvalue weighted by atomic mass is 10.1. The summed E-state index contributed by atoms with van der Waals surface area (Å²) in [7, 11) is 1.52. The van der Waals surface area contributed by atoms with Crippen LogP contribution in [-0.2, 0) is 0 Å². The zero-order chi connectivity index (χ0) is 20.0. The van der Waals surface area contributed by atoms with E-state index in [0.29, 0.717) is 28.1 Å². The van der Waals surface area contributed by atoms with Gasteiger partial charge in [-0.05, 0) is 46.6 Å². The Morgan fingerprint density at radius 2 is 2.15 bits per heavy atom. The Bertz CT molecular complexity index is 900. The first-order chi connectivity index (χ1) is 12.9. The van der Waals surface area contributed by atoms with Gasteiger partial charge in [-0.15, -0.1) is 0 Å². The standard InChI is InChI=1S/C17H16BrN3O6/c1-3-27-15-7-10(6-13(18)16(15)26-2)9-19-20-17(23)12-8-11(21(24)25)4-5-14(12)22/h4-9,22H,3H2,1-2H3,(H,20,23). The van der Waals surface area contributed by atoms with Crippen molar-refractivity contribution in [2.45, 2.75) is 6.92 Å². The Hall–Kier alpha value is -3.14. The summed E-state index contributed by atoms with van der Waals surface area (Å²) in [5.41, 5.74) is 2.25. The van der Waals surface area contributed by atoms with E-state index in [9.17, 15) is 20.0 Å². The number of benzene rings is 2. The van der Waals surface area contributed by atoms with Crippen molar-refractivity contribution in [3.05, 3.63) is 56.0 Å². The highest BCUT2D eigenvalue weighted by molar-refractivity contribution is 9.10. The molecule has 0 bridgehead atoms. The predicted molar refractivity (Wildman–Crippen MR) is 102 cm³/mol. The molecule has 0 fully saturated rings. The third-order valence-electron chi connectivity index (χ3n) is 3.35. The van der Waals surface area contributed by atoms with Gasteiger partial charge < -0.3 is 14.6 Å². The molecule has 142 valence electrons. The molecular formula is C17H16BrN3O6. The smallest absolute Gasteiger partial charge is 0.275 e. The number of non-ortho nitro benzene ring substituents is 1. The highest BCUT2D eigenvalue weighted by Gasteiger charge is 2.16. The lowest BCUT2D eigenvalue weighted by Gasteiger charge is -2.11. The number of hydrazone groups is 1. The third-order valence-corrected chi connectivity index (χ3v) is 3.94. The second-order valence-electron chi connectivity index (χ2n) is 5.12. The number of phenolic OH excluding ortho intramolecular Hbond substituents is 1. The molecule has 0 saturated heterocycles. The second-order valence-corrected chi connectivity index (χ2v) is 5.98. The molecule has 1 amide bonds. The fourth-order valence-corrected chi connectivity index (χ4v) is 2.79. The molecule has 0 aliphatic rings. The zero-order valence-corrected chi connectivity index (χ0v) is 16.0. The van der Waals surface area contributed by atoms with Crippen LogP contribution in [0.2, 0.25) is 0 Å². The third kappa shape index (κ3) is 4.94. The van der Waals surface area contributed by atoms with Crippen LogP contribution < -0.4 is 14.9 Å². The number of carbonyl (C=O) groups excluding carboxylic acids is 1. The normalized spacial score (nSPS) is 10.6. The highest BCUT2D eigenvalue weighted by Crippen LogP contribution is 2.36. The summed E-state index contributed by atoms with van der Waals surface area (Å²) in [6.45, 7) is 2.27. The van der Waals surface area contributed by atoms with E-state index in [0.717, 1.165) is 18.2 Å². The fourth-order valence-electron chi connectivity index (χ4n) is 2.17. The van der Waals surface area contributed by atoms with Gasteiger partial charge in [-0.1, -0.05) is 0 Å². The molecular weight excluding hydrogens is 422 g/mol. The van der Waals surface area contributed by atoms with Gasteiger partial charge in [0.2, 0.25) is 0 Å². The molecule has 0 aromatic heterocycles. The molecule has 10 heteroatoms. The summed E-state index contributed by atoms with van der Waals surface area (Å²) in [6, 6.07) is 6.53. The van der Waals surface area contributed by atoms with Gasteiger partial charge in [-0.3, -0.25) is 14.9 Å². The average molecular weight is 438 g/mol. The summed E-state index contributed by atoms with van der Waals surface area (Å²) in [5.74, 6) is -0.151. The number of nitro groups is 1. The lowest BCUT2D eigenvalue weighted by molar-refractivity contribution is -0.384. The molecule has 9 nitrogen and oxygen atoms in total. The van der Waals surface area contributed by atoms with E-state index in [-0.39, 0.29) is 17.0 Å². The van der Waals surface area contributed by atoms with Crippen LogP contribution in [0.5, 0.6) is 17.2 Å². The van der Waals surface area contributed by atoms with Gasteiger partial charge >= 0.3 is 0 Å². The van der Waals surface area contributed by atoms with Crippen LogP contribution in [0.3, 0.4) is 0 Å². The number of hydrogen-bond donors (Lipinski definition) is 2. The van der Waals surface area contributed by atoms with Crippen molar-refractivity contribution < 1.29 is 24.3 Å². The number of nitrogens with one attached hydrogen (secondary N) is 1. The van der Waals surface area contributed by atoms with Crippen molar-refractivity contribution in [1.82, 2.24) is 5.43 Å². The van der Waals surface area contributed by atoms with E-state index in [1.54, 1.807) is 12.1 Å². The molecule has 0 heterocycles. The topological polar surface area (TPSA) is 123 Å². The first-order valence-corrected chi connectivity index (χ1v) is 8.47. The van der Waals surface area contributed by atoms with Gasteiger partial charge in [0.25, 0.3) is 11.6 Å². The molecule has 0 radical (unpaired) electrons. The zero-order valence-electron chi connectivity index (χ0n) is 14.4. The predicted octanol–water partition coefficient (Wildman–Crippen LogP) is 3.23. The van der Waals surface area contributed by atoms with Crippen molar-refractivity contribution >= 4 is 33.7 Å². The quantitative estimate of drug-likeness (QED) is 0.389. The number of halogens is 1. The minimum atomic E-state index is -0.787. The summed E-state index contributed by atoms with van der Waals surface area (Å²) < 4.78 is 11.4. The Balaban J connectivity index is 2.19. The number of carbonyl (C=O) groups is 1. The van der Waals surface area contributed by atoms with Crippen molar-refractivity contribution in [3.8, 4) is 17.2 Å². The lowest BCUT2D eigenvalue weighted by Crippen LogP contribution is -2.18. The van der Waals surface area contributed by atoms with Crippen LogP contribution in [0.1, 0.15) is 22.8 Å². The molecule has 27 heavy (non-hydrogen) atoms. The van der Waals surface area contributed by atoms with E-state index >= 15 is 0 Å². The summed E-state index contributed by atoms with van der Waals surface area (Å²) in [4.78, 5) is 22.2. The Kier molecular flexibility index (Phi) is 6.72. The number of amides is 1. The van der Waals surface area contributed by atoms with Crippen LogP contribution in [0.25, 0.3) is 0 Å². The van der Waals surface area contributed by atoms with E-state index in [1.807, 2.05) is 6.92 Å². The maximum atomic E-state index is 12.1. The van der Waals surface area contributed by atoms with Crippen LogP contribution in [0, 0.1) is 10.1 Å². The Morgan fingerprint density at radius 1 is 1.41 bits per heavy atom. The van der Waals surface area contributed by atoms with E-state index in [1.165, 1.54) is 13.3 Å². The minimum absolute atomic E-state index is 0.257. The van der Waals surface area contributed by atoms with Crippen LogP contribution in [-0.4, -0.2) is 35.9 Å². The molecule has 0 unspecified atom stereocenters. The Labute approximate surface area is 162 Å². The Morgan fingerprint density at radius 3 is 2.78 bits per heavy atom. The number of phenols is 1. The average Bonchev–Trinajstić information content (AvgIpc) is 2.62. The SMILES string of the molecule is CCOc1cc(C=NNC(=O)c2cc([N+](=O)[O-])ccc2O)cc(Br)c1OC. The van der Waals surface area contributed by atoms with Gasteiger partial charge in [0, 0.05) is 12.1 Å². The first kappa shape index (κ1) is 20.2. The summed E-state index contributed by atoms with van der Waals surface area (Å²) >= 11 is 3.37. The monoisotopic (exact) mass is 437 g/mol. The van der Waals surface area contributed by atoms with Crippen molar-refractivity contribution in [1.29, 1.82) is 0 Å². The van der Waals surface area contributed by atoms with Gasteiger partial charge in [0.1, 0.15) is 5.75 Å². The van der Waals surface area contributed by atoms with Crippen LogP contribution in [0.4, 0.5) is 5.69 Å². The van der Waals surface area contributed by atoms with Gasteiger partial charge in [-0.2, -0.15) is 5.10 Å². The van der Waals surface area contributed by atoms with Crippen LogP contribution >= 0.6 is 15.9 Å². The number of nitrogens with zero attached hydrogens (tertiary/aromatic N) is 2. The molecule has 0 spiro atoms. The van der Waals surface area contributed by atoms with E-state index < -0.39 is 10.8 Å². The van der Waals surface area contributed by atoms with Gasteiger partial charge in [0.05, 0.1) is 34.9 Å². The number of nitro benzene ring substituents is 1. The number of ether oxygens (including phenoxy) is 2. The molecule has 0 aliphatic heterocycles. The summed E-state index contributed by atoms with van der Waals surface area (Å²) in [5, 5.41) is 24.3. The number of aromatic hydroxyl groups is 1. The largest absolute Gasteiger partial charge is 0.507 e. The number of hydrogen-bond acceptors (Lipinski definition) is 7. The fraction of sp³-hybridized carbons (Fsp3) is 0.176. The second kappa shape index (κ2) is 8.99. The number of rotatable bonds is 7. The molecule has 0 saturated carbocycles. The van der Waals surface area contributed by atoms with Gasteiger partial charge in [0.15, 0.2) is 11.5 Å². The van der Waals surface area contributed by atoms with Crippen molar-refractivity contribution in [2.24, 2.45) is 5.10 Å². The first-order valence-electron chi connectivity index (χ1n) is 7.68. The summed E-state index contributed by atoms with van der Waals surface area (Å²) in [6.07, 6.45) is 1.36. The molecule has 2 aromatic rings. The molecule has 2 rings (SSSR count).